The summed E-state index contributed by atoms with van der Waals surface area (Å²) in [5.41, 5.74) is 0. The van der Waals surface area contributed by atoms with Crippen molar-refractivity contribution < 1.29 is 28.6 Å². The summed E-state index contributed by atoms with van der Waals surface area (Å²) in [7, 11) is 0. The number of unbranched alkanes of at least 4 members (excludes halogenated alkanes) is 31. The fourth-order valence-corrected chi connectivity index (χ4v) is 9.24. The van der Waals surface area contributed by atoms with Crippen LogP contribution in [0.15, 0.2) is 109 Å². The van der Waals surface area contributed by atoms with Crippen molar-refractivity contribution in [3.05, 3.63) is 109 Å². The number of esters is 3. The van der Waals surface area contributed by atoms with Crippen molar-refractivity contribution in [2.45, 2.75) is 322 Å². The molecule has 0 aromatic rings. The summed E-state index contributed by atoms with van der Waals surface area (Å²) < 4.78 is 16.9. The highest BCUT2D eigenvalue weighted by molar-refractivity contribution is 5.71. The zero-order valence-electron chi connectivity index (χ0n) is 51.9. The molecule has 0 aromatic heterocycles. The predicted octanol–water partition coefficient (Wildman–Crippen LogP) is 23.0. The van der Waals surface area contributed by atoms with Crippen LogP contribution in [0.4, 0.5) is 0 Å². The van der Waals surface area contributed by atoms with Crippen LogP contribution < -0.4 is 0 Å². The van der Waals surface area contributed by atoms with Gasteiger partial charge in [0.2, 0.25) is 0 Å². The smallest absolute Gasteiger partial charge is 0.306 e. The summed E-state index contributed by atoms with van der Waals surface area (Å²) in [5.74, 6) is -0.897. The maximum Gasteiger partial charge on any atom is 0.306 e. The molecule has 0 amide bonds. The largest absolute Gasteiger partial charge is 0.462 e. The molecule has 0 aliphatic rings. The SMILES string of the molecule is CC/C=C\C/C=C\C/C=C\C/C=C\C/C=C\CCCCCCCCCCCCCC(=O)OCC(COC(=O)CCCCCCC/C=C\C/C=C\CCCCC)OC(=O)CCCCCCCCCCC/C=C\C/C=C\CCCCC. The van der Waals surface area contributed by atoms with Crippen LogP contribution in [0.1, 0.15) is 316 Å². The quantitative estimate of drug-likeness (QED) is 0.0261. The van der Waals surface area contributed by atoms with Crippen molar-refractivity contribution >= 4 is 17.9 Å². The van der Waals surface area contributed by atoms with E-state index in [2.05, 4.69) is 130 Å². The van der Waals surface area contributed by atoms with Gasteiger partial charge in [-0.25, -0.2) is 0 Å². The van der Waals surface area contributed by atoms with Crippen LogP contribution in [0, 0.1) is 0 Å². The summed E-state index contributed by atoms with van der Waals surface area (Å²) in [6.45, 7) is 6.48. The Morgan fingerprint density at radius 3 is 0.772 bits per heavy atom. The number of ether oxygens (including phenoxy) is 3. The molecular formula is C73H124O6. The van der Waals surface area contributed by atoms with Gasteiger partial charge in [-0.05, 0) is 128 Å². The van der Waals surface area contributed by atoms with Gasteiger partial charge < -0.3 is 14.2 Å². The van der Waals surface area contributed by atoms with Crippen LogP contribution >= 0.6 is 0 Å². The lowest BCUT2D eigenvalue weighted by atomic mass is 10.0. The van der Waals surface area contributed by atoms with Crippen LogP contribution in [0.2, 0.25) is 0 Å². The summed E-state index contributed by atoms with van der Waals surface area (Å²) in [6.07, 6.45) is 90.9. The average molecular weight is 1100 g/mol. The van der Waals surface area contributed by atoms with E-state index in [9.17, 15) is 14.4 Å². The third-order valence-electron chi connectivity index (χ3n) is 14.2. The number of rotatable bonds is 60. The van der Waals surface area contributed by atoms with Crippen molar-refractivity contribution in [1.29, 1.82) is 0 Å². The summed E-state index contributed by atoms with van der Waals surface area (Å²) in [4.78, 5) is 38.4. The molecule has 0 heterocycles. The first kappa shape index (κ1) is 75.1. The minimum Gasteiger partial charge on any atom is -0.462 e. The highest BCUT2D eigenvalue weighted by atomic mass is 16.6. The first-order chi connectivity index (χ1) is 39.0. The molecule has 79 heavy (non-hydrogen) atoms. The Hall–Kier alpha value is -3.93. The van der Waals surface area contributed by atoms with Crippen LogP contribution in [-0.2, 0) is 28.6 Å². The maximum absolute atomic E-state index is 12.9. The molecule has 6 nitrogen and oxygen atoms in total. The van der Waals surface area contributed by atoms with E-state index in [-0.39, 0.29) is 31.1 Å². The van der Waals surface area contributed by atoms with E-state index in [4.69, 9.17) is 14.2 Å². The van der Waals surface area contributed by atoms with Gasteiger partial charge >= 0.3 is 17.9 Å². The molecular weight excluding hydrogens is 973 g/mol. The average Bonchev–Trinajstić information content (AvgIpc) is 3.45. The molecule has 0 N–H and O–H groups in total. The Labute approximate surface area is 489 Å². The summed E-state index contributed by atoms with van der Waals surface area (Å²) in [6, 6.07) is 0. The fourth-order valence-electron chi connectivity index (χ4n) is 9.24. The molecule has 1 atom stereocenters. The molecule has 0 radical (unpaired) electrons. The van der Waals surface area contributed by atoms with Gasteiger partial charge in [0.15, 0.2) is 6.10 Å². The Kier molecular flexibility index (Phi) is 63.3. The van der Waals surface area contributed by atoms with Crippen molar-refractivity contribution in [2.24, 2.45) is 0 Å². The lowest BCUT2D eigenvalue weighted by molar-refractivity contribution is -0.167. The van der Waals surface area contributed by atoms with Crippen LogP contribution in [0.25, 0.3) is 0 Å². The topological polar surface area (TPSA) is 78.9 Å². The number of hydrogen-bond acceptors (Lipinski definition) is 6. The molecule has 6 heteroatoms. The van der Waals surface area contributed by atoms with Gasteiger partial charge in [-0.1, -0.05) is 278 Å². The van der Waals surface area contributed by atoms with Gasteiger partial charge in [-0.3, -0.25) is 14.4 Å². The maximum atomic E-state index is 12.9. The van der Waals surface area contributed by atoms with Gasteiger partial charge in [0.25, 0.3) is 0 Å². The van der Waals surface area contributed by atoms with E-state index in [1.807, 2.05) is 0 Å². The molecule has 0 saturated carbocycles. The summed E-state index contributed by atoms with van der Waals surface area (Å²) >= 11 is 0. The molecule has 0 aliphatic heterocycles. The number of allylic oxidation sites excluding steroid dienone is 18. The fraction of sp³-hybridized carbons (Fsp3) is 0.712. The number of carbonyl (C=O) groups is 3. The molecule has 452 valence electrons. The summed E-state index contributed by atoms with van der Waals surface area (Å²) in [5, 5.41) is 0. The normalized spacial score (nSPS) is 12.8. The van der Waals surface area contributed by atoms with Crippen molar-refractivity contribution in [3.8, 4) is 0 Å². The minimum atomic E-state index is -0.790. The zero-order valence-corrected chi connectivity index (χ0v) is 51.9. The standard InChI is InChI=1S/C73H124O6/c1-4-7-10-13-16-19-22-25-28-30-32-33-34-35-36-37-38-39-41-42-45-48-51-54-57-60-63-66-72(75)78-69-70(68-77-71(74)65-62-59-56-53-50-47-44-27-24-21-18-15-12-9-6-3)79-73(76)67-64-61-58-55-52-49-46-43-40-31-29-26-23-20-17-14-11-8-5-2/h7,10,16-21,25-29,32-33,35-36,44,70H,4-6,8-9,11-15,22-24,30-31,34,37-43,45-69H2,1-3H3/b10-7-,19-16-,20-17-,21-18-,28-25-,29-26-,33-32-,36-35-,44-27-. The van der Waals surface area contributed by atoms with Crippen LogP contribution in [0.5, 0.6) is 0 Å². The molecule has 1 unspecified atom stereocenters. The van der Waals surface area contributed by atoms with E-state index < -0.39 is 6.10 Å². The highest BCUT2D eigenvalue weighted by Gasteiger charge is 2.19. The van der Waals surface area contributed by atoms with E-state index >= 15 is 0 Å². The van der Waals surface area contributed by atoms with Crippen LogP contribution in [-0.4, -0.2) is 37.2 Å². The lowest BCUT2D eigenvalue weighted by Crippen LogP contribution is -2.30. The van der Waals surface area contributed by atoms with E-state index in [0.29, 0.717) is 19.3 Å². The first-order valence-corrected chi connectivity index (χ1v) is 33.4. The van der Waals surface area contributed by atoms with Gasteiger partial charge in [0.1, 0.15) is 13.2 Å². The second-order valence-corrected chi connectivity index (χ2v) is 22.0. The molecule has 0 aromatic carbocycles. The Bertz CT molecular complexity index is 1590. The Morgan fingerprint density at radius 1 is 0.266 bits per heavy atom. The molecule has 0 aliphatic carbocycles. The Balaban J connectivity index is 4.35. The van der Waals surface area contributed by atoms with Crippen LogP contribution in [0.3, 0.4) is 0 Å². The van der Waals surface area contributed by atoms with E-state index in [1.165, 1.54) is 161 Å². The minimum absolute atomic E-state index is 0.0856. The van der Waals surface area contributed by atoms with E-state index in [0.717, 1.165) is 116 Å². The zero-order chi connectivity index (χ0) is 57.1. The van der Waals surface area contributed by atoms with Gasteiger partial charge in [0.05, 0.1) is 0 Å². The van der Waals surface area contributed by atoms with E-state index in [1.54, 1.807) is 0 Å². The molecule has 0 spiro atoms. The first-order valence-electron chi connectivity index (χ1n) is 33.4. The Morgan fingerprint density at radius 2 is 0.494 bits per heavy atom. The molecule has 0 bridgehead atoms. The third-order valence-corrected chi connectivity index (χ3v) is 14.2. The number of carbonyl (C=O) groups excluding carboxylic acids is 3. The van der Waals surface area contributed by atoms with Gasteiger partial charge in [-0.2, -0.15) is 0 Å². The number of hydrogen-bond donors (Lipinski definition) is 0. The van der Waals surface area contributed by atoms with Crippen molar-refractivity contribution in [2.75, 3.05) is 13.2 Å². The second kappa shape index (κ2) is 66.6. The molecule has 0 saturated heterocycles. The van der Waals surface area contributed by atoms with Gasteiger partial charge in [-0.15, -0.1) is 0 Å². The van der Waals surface area contributed by atoms with Gasteiger partial charge in [0, 0.05) is 19.3 Å². The highest BCUT2D eigenvalue weighted by Crippen LogP contribution is 2.16. The monoisotopic (exact) mass is 1100 g/mol. The van der Waals surface area contributed by atoms with Crippen molar-refractivity contribution in [3.63, 3.8) is 0 Å². The lowest BCUT2D eigenvalue weighted by Gasteiger charge is -2.18. The predicted molar refractivity (Wildman–Crippen MR) is 343 cm³/mol. The third kappa shape index (κ3) is 64.8. The second-order valence-electron chi connectivity index (χ2n) is 22.0. The van der Waals surface area contributed by atoms with Crippen molar-refractivity contribution in [1.82, 2.24) is 0 Å². The molecule has 0 rings (SSSR count). The molecule has 0 fully saturated rings.